The number of phenols is 1. The number of phenolic OH excluding ortho intramolecular Hbond substituents is 1. The van der Waals surface area contributed by atoms with Gasteiger partial charge in [0.2, 0.25) is 0 Å². The van der Waals surface area contributed by atoms with Gasteiger partial charge in [0.25, 0.3) is 5.91 Å². The zero-order chi connectivity index (χ0) is 12.6. The van der Waals surface area contributed by atoms with Gasteiger partial charge in [-0.05, 0) is 18.6 Å². The molecule has 1 aromatic rings. The molecule has 1 atom stereocenters. The summed E-state index contributed by atoms with van der Waals surface area (Å²) in [6.45, 7) is 0.0913. The zero-order valence-electron chi connectivity index (χ0n) is 8.79. The van der Waals surface area contributed by atoms with E-state index in [4.69, 9.17) is 5.11 Å². The molecular weight excluding hydrogens is 235 g/mol. The van der Waals surface area contributed by atoms with Crippen LogP contribution in [0.3, 0.4) is 0 Å². The Labute approximate surface area is 95.5 Å². The van der Waals surface area contributed by atoms with Gasteiger partial charge in [-0.3, -0.25) is 4.79 Å². The van der Waals surface area contributed by atoms with Gasteiger partial charge in [0.15, 0.2) is 17.4 Å². The number of alkyl halides is 1. The molecule has 1 saturated heterocycles. The number of carbonyl (C=O) groups excluding carboxylic acids is 1. The lowest BCUT2D eigenvalue weighted by Crippen LogP contribution is -2.29. The molecule has 1 amide bonds. The van der Waals surface area contributed by atoms with Crippen LogP contribution in [0.2, 0.25) is 0 Å². The van der Waals surface area contributed by atoms with Crippen molar-refractivity contribution in [2.75, 3.05) is 13.1 Å². The third-order valence-electron chi connectivity index (χ3n) is 2.72. The van der Waals surface area contributed by atoms with Gasteiger partial charge < -0.3 is 10.0 Å². The molecule has 1 fully saturated rings. The maximum Gasteiger partial charge on any atom is 0.257 e. The van der Waals surface area contributed by atoms with E-state index in [9.17, 15) is 18.0 Å². The van der Waals surface area contributed by atoms with Gasteiger partial charge in [-0.25, -0.2) is 13.2 Å². The fourth-order valence-corrected chi connectivity index (χ4v) is 1.78. The Hall–Kier alpha value is -1.72. The van der Waals surface area contributed by atoms with Crippen molar-refractivity contribution < 1.29 is 23.1 Å². The van der Waals surface area contributed by atoms with Crippen molar-refractivity contribution in [2.24, 2.45) is 0 Å². The summed E-state index contributed by atoms with van der Waals surface area (Å²) in [6, 6.07) is 1.74. The molecule has 0 aliphatic carbocycles. The van der Waals surface area contributed by atoms with E-state index in [-0.39, 0.29) is 19.5 Å². The highest BCUT2D eigenvalue weighted by molar-refractivity contribution is 5.95. The van der Waals surface area contributed by atoms with Crippen molar-refractivity contribution in [1.82, 2.24) is 4.90 Å². The van der Waals surface area contributed by atoms with E-state index in [2.05, 4.69) is 0 Å². The van der Waals surface area contributed by atoms with Crippen LogP contribution in [0.5, 0.6) is 5.75 Å². The fourth-order valence-electron chi connectivity index (χ4n) is 1.78. The Morgan fingerprint density at radius 1 is 1.41 bits per heavy atom. The molecule has 1 aliphatic rings. The molecule has 0 spiro atoms. The topological polar surface area (TPSA) is 40.5 Å². The standard InChI is InChI=1S/C11H10F3NO2/c12-6-3-4-15(5-6)11(17)7-1-2-8(13)10(16)9(7)14/h1-2,6,16H,3-5H2/t6-/m1/s1. The molecule has 92 valence electrons. The van der Waals surface area contributed by atoms with Gasteiger partial charge >= 0.3 is 0 Å². The minimum Gasteiger partial charge on any atom is -0.503 e. The summed E-state index contributed by atoms with van der Waals surface area (Å²) in [4.78, 5) is 12.9. The third-order valence-corrected chi connectivity index (χ3v) is 2.72. The zero-order valence-corrected chi connectivity index (χ0v) is 8.79. The number of amides is 1. The Morgan fingerprint density at radius 2 is 2.12 bits per heavy atom. The van der Waals surface area contributed by atoms with E-state index >= 15 is 0 Å². The summed E-state index contributed by atoms with van der Waals surface area (Å²) < 4.78 is 39.1. The summed E-state index contributed by atoms with van der Waals surface area (Å²) in [7, 11) is 0. The molecule has 17 heavy (non-hydrogen) atoms. The molecule has 0 aromatic heterocycles. The smallest absolute Gasteiger partial charge is 0.257 e. The monoisotopic (exact) mass is 245 g/mol. The van der Waals surface area contributed by atoms with Crippen molar-refractivity contribution in [3.05, 3.63) is 29.3 Å². The van der Waals surface area contributed by atoms with Crippen molar-refractivity contribution >= 4 is 5.91 Å². The summed E-state index contributed by atoms with van der Waals surface area (Å²) in [5, 5.41) is 9.04. The molecule has 2 rings (SSSR count). The number of carbonyl (C=O) groups is 1. The molecule has 6 heteroatoms. The third kappa shape index (κ3) is 2.07. The molecule has 1 aliphatic heterocycles. The number of aromatic hydroxyl groups is 1. The number of hydrogen-bond acceptors (Lipinski definition) is 2. The summed E-state index contributed by atoms with van der Waals surface area (Å²) in [5.74, 6) is -4.37. The molecule has 0 saturated carbocycles. The van der Waals surface area contributed by atoms with Crippen LogP contribution in [-0.4, -0.2) is 35.2 Å². The van der Waals surface area contributed by atoms with Gasteiger partial charge in [0.05, 0.1) is 12.1 Å². The number of halogens is 3. The Bertz CT molecular complexity index is 464. The summed E-state index contributed by atoms with van der Waals surface area (Å²) >= 11 is 0. The van der Waals surface area contributed by atoms with Crippen molar-refractivity contribution in [3.8, 4) is 5.75 Å². The van der Waals surface area contributed by atoms with E-state index in [1.807, 2.05) is 0 Å². The first kappa shape index (κ1) is 11.8. The SMILES string of the molecule is O=C(c1ccc(F)c(O)c1F)N1CC[C@@H](F)C1. The minimum absolute atomic E-state index is 0.101. The predicted molar refractivity (Wildman–Crippen MR) is 53.4 cm³/mol. The second-order valence-corrected chi connectivity index (χ2v) is 3.89. The number of benzene rings is 1. The number of likely N-dealkylation sites (tertiary alicyclic amines) is 1. The van der Waals surface area contributed by atoms with Crippen LogP contribution in [0, 0.1) is 11.6 Å². The van der Waals surface area contributed by atoms with E-state index < -0.39 is 35.0 Å². The lowest BCUT2D eigenvalue weighted by molar-refractivity contribution is 0.0777. The maximum atomic E-state index is 13.4. The number of hydrogen-bond donors (Lipinski definition) is 1. The highest BCUT2D eigenvalue weighted by Crippen LogP contribution is 2.25. The van der Waals surface area contributed by atoms with Crippen molar-refractivity contribution in [1.29, 1.82) is 0 Å². The molecule has 3 nitrogen and oxygen atoms in total. The first-order valence-electron chi connectivity index (χ1n) is 5.11. The summed E-state index contributed by atoms with van der Waals surface area (Å²) in [5.41, 5.74) is -0.446. The molecule has 1 aromatic carbocycles. The lowest BCUT2D eigenvalue weighted by Gasteiger charge is -2.15. The predicted octanol–water partition coefficient (Wildman–Crippen LogP) is 1.85. The van der Waals surface area contributed by atoms with Crippen LogP contribution in [-0.2, 0) is 0 Å². The number of rotatable bonds is 1. The van der Waals surface area contributed by atoms with Crippen LogP contribution in [0.1, 0.15) is 16.8 Å². The van der Waals surface area contributed by atoms with E-state index in [0.717, 1.165) is 17.0 Å². The maximum absolute atomic E-state index is 13.4. The largest absolute Gasteiger partial charge is 0.503 e. The van der Waals surface area contributed by atoms with Gasteiger partial charge in [-0.15, -0.1) is 0 Å². The quantitative estimate of drug-likeness (QED) is 0.820. The average Bonchev–Trinajstić information content (AvgIpc) is 2.72. The molecule has 0 bridgehead atoms. The van der Waals surface area contributed by atoms with Gasteiger partial charge in [0.1, 0.15) is 6.17 Å². The minimum atomic E-state index is -1.31. The van der Waals surface area contributed by atoms with Crippen molar-refractivity contribution in [2.45, 2.75) is 12.6 Å². The van der Waals surface area contributed by atoms with Crippen LogP contribution in [0.25, 0.3) is 0 Å². The van der Waals surface area contributed by atoms with E-state index in [1.54, 1.807) is 0 Å². The van der Waals surface area contributed by atoms with Crippen LogP contribution in [0.4, 0.5) is 13.2 Å². The van der Waals surface area contributed by atoms with E-state index in [1.165, 1.54) is 0 Å². The Kier molecular flexibility index (Phi) is 2.95. The van der Waals surface area contributed by atoms with Gasteiger partial charge in [-0.2, -0.15) is 0 Å². The molecule has 1 heterocycles. The molecule has 0 unspecified atom stereocenters. The molecular formula is C11H10F3NO2. The Balaban J connectivity index is 2.29. The Morgan fingerprint density at radius 3 is 2.71 bits per heavy atom. The van der Waals surface area contributed by atoms with Crippen LogP contribution < -0.4 is 0 Å². The van der Waals surface area contributed by atoms with Crippen LogP contribution >= 0.6 is 0 Å². The first-order chi connectivity index (χ1) is 8.00. The van der Waals surface area contributed by atoms with Crippen molar-refractivity contribution in [3.63, 3.8) is 0 Å². The second kappa shape index (κ2) is 4.27. The van der Waals surface area contributed by atoms with Crippen LogP contribution in [0.15, 0.2) is 12.1 Å². The highest BCUT2D eigenvalue weighted by atomic mass is 19.1. The second-order valence-electron chi connectivity index (χ2n) is 3.89. The van der Waals surface area contributed by atoms with Gasteiger partial charge in [0, 0.05) is 6.54 Å². The fraction of sp³-hybridized carbons (Fsp3) is 0.364. The summed E-state index contributed by atoms with van der Waals surface area (Å²) in [6.07, 6.45) is -0.906. The lowest BCUT2D eigenvalue weighted by atomic mass is 10.1. The average molecular weight is 245 g/mol. The van der Waals surface area contributed by atoms with Gasteiger partial charge in [-0.1, -0.05) is 0 Å². The number of nitrogens with zero attached hydrogens (tertiary/aromatic N) is 1. The molecule has 1 N–H and O–H groups in total. The molecule has 0 radical (unpaired) electrons. The first-order valence-corrected chi connectivity index (χ1v) is 5.11. The van der Waals surface area contributed by atoms with E-state index in [0.29, 0.717) is 0 Å². The normalized spacial score (nSPS) is 19.7. The highest BCUT2D eigenvalue weighted by Gasteiger charge is 2.29.